The number of carbonyl (C=O) groups is 3. The van der Waals surface area contributed by atoms with Gasteiger partial charge in [-0.15, -0.1) is 0 Å². The number of nitrogens with one attached hydrogen (secondary N) is 1. The highest BCUT2D eigenvalue weighted by Crippen LogP contribution is 2.07. The number of aliphatic carboxylic acids is 1. The molecule has 1 aliphatic rings. The number of hydrogen-bond acceptors (Lipinski definition) is 4. The standard InChI is InChI=1S/C8H13N3O4/c9-5-1-7(13)11(3-5)4-6(12)10-2-8(14)15/h5H,1-4,9H2,(H,10,12)(H,14,15). The van der Waals surface area contributed by atoms with E-state index in [2.05, 4.69) is 5.32 Å². The summed E-state index contributed by atoms with van der Waals surface area (Å²) in [6.07, 6.45) is 0.242. The Morgan fingerprint density at radius 3 is 2.73 bits per heavy atom. The summed E-state index contributed by atoms with van der Waals surface area (Å²) >= 11 is 0. The minimum atomic E-state index is -1.12. The zero-order valence-corrected chi connectivity index (χ0v) is 8.10. The first-order valence-electron chi connectivity index (χ1n) is 4.51. The van der Waals surface area contributed by atoms with Crippen LogP contribution in [0.25, 0.3) is 0 Å². The molecule has 15 heavy (non-hydrogen) atoms. The van der Waals surface area contributed by atoms with Gasteiger partial charge < -0.3 is 21.1 Å². The van der Waals surface area contributed by atoms with Crippen LogP contribution in [0.15, 0.2) is 0 Å². The van der Waals surface area contributed by atoms with Crippen molar-refractivity contribution in [2.24, 2.45) is 5.73 Å². The topological polar surface area (TPSA) is 113 Å². The van der Waals surface area contributed by atoms with Crippen LogP contribution in [0.5, 0.6) is 0 Å². The van der Waals surface area contributed by atoms with Gasteiger partial charge in [-0.3, -0.25) is 14.4 Å². The van der Waals surface area contributed by atoms with Gasteiger partial charge in [0.2, 0.25) is 11.8 Å². The third-order valence-electron chi connectivity index (χ3n) is 2.02. The summed E-state index contributed by atoms with van der Waals surface area (Å²) in [7, 11) is 0. The molecule has 84 valence electrons. The number of hydrogen-bond donors (Lipinski definition) is 3. The average Bonchev–Trinajstić information content (AvgIpc) is 2.42. The lowest BCUT2D eigenvalue weighted by Gasteiger charge is -2.14. The van der Waals surface area contributed by atoms with Crippen LogP contribution in [0.1, 0.15) is 6.42 Å². The van der Waals surface area contributed by atoms with Crippen LogP contribution in [0.4, 0.5) is 0 Å². The fourth-order valence-electron chi connectivity index (χ4n) is 1.36. The van der Waals surface area contributed by atoms with Crippen LogP contribution < -0.4 is 11.1 Å². The summed E-state index contributed by atoms with van der Waals surface area (Å²) in [5, 5.41) is 10.5. The molecule has 0 aromatic rings. The van der Waals surface area contributed by atoms with Gasteiger partial charge in [-0.1, -0.05) is 0 Å². The fraction of sp³-hybridized carbons (Fsp3) is 0.625. The Morgan fingerprint density at radius 2 is 2.27 bits per heavy atom. The van der Waals surface area contributed by atoms with E-state index in [0.717, 1.165) is 0 Å². The highest BCUT2D eigenvalue weighted by molar-refractivity contribution is 5.87. The van der Waals surface area contributed by atoms with Gasteiger partial charge in [-0.2, -0.15) is 0 Å². The van der Waals surface area contributed by atoms with Gasteiger partial charge in [-0.05, 0) is 0 Å². The van der Waals surface area contributed by atoms with Gasteiger partial charge in [0.05, 0.1) is 6.54 Å². The summed E-state index contributed by atoms with van der Waals surface area (Å²) in [5.74, 6) is -1.78. The van der Waals surface area contributed by atoms with Crippen molar-refractivity contribution < 1.29 is 19.5 Å². The predicted octanol–water partition coefficient (Wildman–Crippen LogP) is -2.25. The minimum absolute atomic E-state index is 0.125. The number of nitrogens with two attached hydrogens (primary N) is 1. The van der Waals surface area contributed by atoms with Crippen LogP contribution in [0, 0.1) is 0 Å². The van der Waals surface area contributed by atoms with Crippen molar-refractivity contribution in [3.05, 3.63) is 0 Å². The van der Waals surface area contributed by atoms with Crippen molar-refractivity contribution in [3.8, 4) is 0 Å². The predicted molar refractivity (Wildman–Crippen MR) is 49.8 cm³/mol. The maximum Gasteiger partial charge on any atom is 0.322 e. The Hall–Kier alpha value is -1.63. The largest absolute Gasteiger partial charge is 0.480 e. The molecule has 1 atom stereocenters. The van der Waals surface area contributed by atoms with E-state index in [1.165, 1.54) is 4.90 Å². The number of likely N-dealkylation sites (tertiary alicyclic amines) is 1. The van der Waals surface area contributed by atoms with E-state index in [0.29, 0.717) is 6.54 Å². The van der Waals surface area contributed by atoms with Gasteiger partial charge in [0.25, 0.3) is 0 Å². The van der Waals surface area contributed by atoms with Crippen molar-refractivity contribution >= 4 is 17.8 Å². The summed E-state index contributed by atoms with van der Waals surface area (Å²) < 4.78 is 0. The molecule has 1 saturated heterocycles. The van der Waals surface area contributed by atoms with Crippen molar-refractivity contribution in [1.82, 2.24) is 10.2 Å². The summed E-state index contributed by atoms with van der Waals surface area (Å²) in [5.41, 5.74) is 5.53. The molecule has 2 amide bonds. The number of carbonyl (C=O) groups excluding carboxylic acids is 2. The number of rotatable bonds is 4. The monoisotopic (exact) mass is 215 g/mol. The summed E-state index contributed by atoms with van der Waals surface area (Å²) in [4.78, 5) is 33.8. The number of carboxylic acid groups (broad SMARTS) is 1. The van der Waals surface area contributed by atoms with E-state index in [-0.39, 0.29) is 24.9 Å². The van der Waals surface area contributed by atoms with Crippen molar-refractivity contribution in [1.29, 1.82) is 0 Å². The maximum atomic E-state index is 11.2. The Bertz CT molecular complexity index is 292. The van der Waals surface area contributed by atoms with Crippen molar-refractivity contribution in [2.45, 2.75) is 12.5 Å². The van der Waals surface area contributed by atoms with E-state index in [1.54, 1.807) is 0 Å². The molecule has 4 N–H and O–H groups in total. The van der Waals surface area contributed by atoms with Crippen LogP contribution in [0.3, 0.4) is 0 Å². The number of amides is 2. The molecular weight excluding hydrogens is 202 g/mol. The van der Waals surface area contributed by atoms with Gasteiger partial charge in [0.15, 0.2) is 0 Å². The Kier molecular flexibility index (Phi) is 3.62. The zero-order chi connectivity index (χ0) is 11.4. The summed E-state index contributed by atoms with van der Waals surface area (Å²) in [6.45, 7) is -0.216. The first kappa shape index (κ1) is 11.4. The van der Waals surface area contributed by atoms with Gasteiger partial charge in [0.1, 0.15) is 6.54 Å². The molecule has 0 spiro atoms. The first-order valence-corrected chi connectivity index (χ1v) is 4.51. The Labute approximate surface area is 86.2 Å². The second-order valence-corrected chi connectivity index (χ2v) is 3.41. The quantitative estimate of drug-likeness (QED) is 0.490. The number of carboxylic acids is 1. The molecule has 1 rings (SSSR count). The third-order valence-corrected chi connectivity index (χ3v) is 2.02. The lowest BCUT2D eigenvalue weighted by atomic mass is 10.3. The van der Waals surface area contributed by atoms with Gasteiger partial charge in [-0.25, -0.2) is 0 Å². The minimum Gasteiger partial charge on any atom is -0.480 e. The van der Waals surface area contributed by atoms with Crippen molar-refractivity contribution in [3.63, 3.8) is 0 Å². The molecule has 7 heteroatoms. The van der Waals surface area contributed by atoms with E-state index in [4.69, 9.17) is 10.8 Å². The van der Waals surface area contributed by atoms with Crippen LogP contribution in [0.2, 0.25) is 0 Å². The number of nitrogens with zero attached hydrogens (tertiary/aromatic N) is 1. The smallest absolute Gasteiger partial charge is 0.322 e. The molecule has 0 aromatic carbocycles. The molecule has 1 heterocycles. The first-order chi connectivity index (χ1) is 6.99. The third kappa shape index (κ3) is 3.55. The molecule has 0 aliphatic carbocycles. The highest BCUT2D eigenvalue weighted by atomic mass is 16.4. The second kappa shape index (κ2) is 4.74. The molecule has 7 nitrogen and oxygen atoms in total. The lowest BCUT2D eigenvalue weighted by molar-refractivity contribution is -0.138. The Balaban J connectivity index is 2.32. The molecular formula is C8H13N3O4. The average molecular weight is 215 g/mol. The molecule has 1 aliphatic heterocycles. The van der Waals surface area contributed by atoms with Crippen molar-refractivity contribution in [2.75, 3.05) is 19.6 Å². The van der Waals surface area contributed by atoms with Gasteiger partial charge in [0, 0.05) is 19.0 Å². The SMILES string of the molecule is NC1CC(=O)N(CC(=O)NCC(=O)O)C1. The van der Waals surface area contributed by atoms with E-state index in [9.17, 15) is 14.4 Å². The molecule has 0 radical (unpaired) electrons. The maximum absolute atomic E-state index is 11.2. The highest BCUT2D eigenvalue weighted by Gasteiger charge is 2.28. The fourth-order valence-corrected chi connectivity index (χ4v) is 1.36. The van der Waals surface area contributed by atoms with Crippen LogP contribution in [-0.2, 0) is 14.4 Å². The lowest BCUT2D eigenvalue weighted by Crippen LogP contribution is -2.40. The van der Waals surface area contributed by atoms with E-state index < -0.39 is 18.4 Å². The van der Waals surface area contributed by atoms with E-state index >= 15 is 0 Å². The summed E-state index contributed by atoms with van der Waals surface area (Å²) in [6, 6.07) is -0.232. The Morgan fingerprint density at radius 1 is 1.60 bits per heavy atom. The van der Waals surface area contributed by atoms with Gasteiger partial charge >= 0.3 is 5.97 Å². The molecule has 0 bridgehead atoms. The molecule has 1 fully saturated rings. The van der Waals surface area contributed by atoms with Crippen LogP contribution >= 0.6 is 0 Å². The normalized spacial score (nSPS) is 20.5. The molecule has 1 unspecified atom stereocenters. The second-order valence-electron chi connectivity index (χ2n) is 3.41. The molecule has 0 saturated carbocycles. The van der Waals surface area contributed by atoms with Crippen LogP contribution in [-0.4, -0.2) is 53.5 Å². The van der Waals surface area contributed by atoms with E-state index in [1.807, 2.05) is 0 Å². The molecule has 0 aromatic heterocycles. The zero-order valence-electron chi connectivity index (χ0n) is 8.10.